The molecule has 112 valence electrons. The Morgan fingerprint density at radius 3 is 2.40 bits per heavy atom. The molecule has 0 aliphatic rings. The highest BCUT2D eigenvalue weighted by molar-refractivity contribution is 5.90. The molecule has 0 bridgehead atoms. The number of nitrogens with zero attached hydrogens (tertiary/aromatic N) is 2. The van der Waals surface area contributed by atoms with Gasteiger partial charge >= 0.3 is 5.97 Å². The molecule has 0 radical (unpaired) electrons. The summed E-state index contributed by atoms with van der Waals surface area (Å²) in [6.45, 7) is 12.6. The SMILES string of the molecule is CCOC(=O)c1cnc(C(OCC)C(C)(C)C)nc1C. The molecule has 0 saturated heterocycles. The Labute approximate surface area is 120 Å². The summed E-state index contributed by atoms with van der Waals surface area (Å²) in [6, 6.07) is 0. The first kappa shape index (κ1) is 16.6. The average molecular weight is 280 g/mol. The molecule has 1 unspecified atom stereocenters. The second-order valence-corrected chi connectivity index (χ2v) is 5.65. The monoisotopic (exact) mass is 280 g/mol. The minimum atomic E-state index is -0.389. The van der Waals surface area contributed by atoms with Gasteiger partial charge in [-0.1, -0.05) is 20.8 Å². The highest BCUT2D eigenvalue weighted by atomic mass is 16.5. The van der Waals surface area contributed by atoms with E-state index in [2.05, 4.69) is 30.7 Å². The number of aryl methyl sites for hydroxylation is 1. The summed E-state index contributed by atoms with van der Waals surface area (Å²) in [6.07, 6.45) is 1.32. The van der Waals surface area contributed by atoms with Crippen LogP contribution in [0.1, 0.15) is 62.6 Å². The van der Waals surface area contributed by atoms with Gasteiger partial charge in [0.15, 0.2) is 5.82 Å². The van der Waals surface area contributed by atoms with Crippen LogP contribution in [-0.2, 0) is 9.47 Å². The smallest absolute Gasteiger partial charge is 0.341 e. The summed E-state index contributed by atoms with van der Waals surface area (Å²) in [4.78, 5) is 20.5. The Hall–Kier alpha value is -1.49. The van der Waals surface area contributed by atoms with Crippen LogP contribution in [0.25, 0.3) is 0 Å². The summed E-state index contributed by atoms with van der Waals surface area (Å²) >= 11 is 0. The number of hydrogen-bond acceptors (Lipinski definition) is 5. The van der Waals surface area contributed by atoms with Gasteiger partial charge in [0.25, 0.3) is 0 Å². The lowest BCUT2D eigenvalue weighted by Gasteiger charge is -2.29. The fourth-order valence-electron chi connectivity index (χ4n) is 1.90. The first-order chi connectivity index (χ1) is 9.31. The van der Waals surface area contributed by atoms with Crippen LogP contribution in [0, 0.1) is 12.3 Å². The minimum Gasteiger partial charge on any atom is -0.462 e. The second kappa shape index (κ2) is 6.79. The van der Waals surface area contributed by atoms with Crippen molar-refractivity contribution in [3.8, 4) is 0 Å². The Bertz CT molecular complexity index is 467. The van der Waals surface area contributed by atoms with Crippen molar-refractivity contribution < 1.29 is 14.3 Å². The zero-order valence-corrected chi connectivity index (χ0v) is 13.2. The Morgan fingerprint density at radius 1 is 1.30 bits per heavy atom. The number of ether oxygens (including phenoxy) is 2. The molecule has 0 aliphatic carbocycles. The highest BCUT2D eigenvalue weighted by Crippen LogP contribution is 2.34. The topological polar surface area (TPSA) is 61.3 Å². The molecule has 1 heterocycles. The average Bonchev–Trinajstić information content (AvgIpc) is 2.34. The molecule has 0 aromatic carbocycles. The zero-order valence-electron chi connectivity index (χ0n) is 13.2. The van der Waals surface area contributed by atoms with Gasteiger partial charge in [-0.3, -0.25) is 0 Å². The van der Waals surface area contributed by atoms with Gasteiger partial charge in [0.1, 0.15) is 6.10 Å². The van der Waals surface area contributed by atoms with Crippen LogP contribution in [0.2, 0.25) is 0 Å². The lowest BCUT2D eigenvalue weighted by molar-refractivity contribution is -0.0192. The van der Waals surface area contributed by atoms with E-state index in [1.807, 2.05) is 6.92 Å². The second-order valence-electron chi connectivity index (χ2n) is 5.65. The van der Waals surface area contributed by atoms with Gasteiger partial charge in [-0.15, -0.1) is 0 Å². The van der Waals surface area contributed by atoms with E-state index in [9.17, 15) is 4.79 Å². The molecule has 0 N–H and O–H groups in total. The predicted octanol–water partition coefficient (Wildman–Crippen LogP) is 3.09. The zero-order chi connectivity index (χ0) is 15.3. The van der Waals surface area contributed by atoms with E-state index in [1.165, 1.54) is 6.20 Å². The molecule has 0 aliphatic heterocycles. The maximum Gasteiger partial charge on any atom is 0.341 e. The standard InChI is InChI=1S/C15H24N2O3/c1-7-19-12(15(4,5)6)13-16-9-11(10(3)17-13)14(18)20-8-2/h9,12H,7-8H2,1-6H3. The van der Waals surface area contributed by atoms with Gasteiger partial charge in [0.2, 0.25) is 0 Å². The molecule has 0 amide bonds. The molecule has 20 heavy (non-hydrogen) atoms. The van der Waals surface area contributed by atoms with Crippen molar-refractivity contribution in [1.29, 1.82) is 0 Å². The molecular weight excluding hydrogens is 256 g/mol. The van der Waals surface area contributed by atoms with Crippen LogP contribution in [-0.4, -0.2) is 29.2 Å². The van der Waals surface area contributed by atoms with Crippen molar-refractivity contribution in [3.05, 3.63) is 23.3 Å². The van der Waals surface area contributed by atoms with E-state index in [0.29, 0.717) is 30.3 Å². The molecule has 5 heteroatoms. The minimum absolute atomic E-state index is 0.117. The van der Waals surface area contributed by atoms with E-state index in [1.54, 1.807) is 13.8 Å². The molecule has 0 fully saturated rings. The van der Waals surface area contributed by atoms with E-state index in [4.69, 9.17) is 9.47 Å². The first-order valence-electron chi connectivity index (χ1n) is 6.93. The lowest BCUT2D eigenvalue weighted by atomic mass is 9.88. The largest absolute Gasteiger partial charge is 0.462 e. The van der Waals surface area contributed by atoms with Crippen LogP contribution in [0.4, 0.5) is 0 Å². The summed E-state index contributed by atoms with van der Waals surface area (Å²) in [5.41, 5.74) is 0.899. The maximum atomic E-state index is 11.7. The number of rotatable bonds is 5. The summed E-state index contributed by atoms with van der Waals surface area (Å²) < 4.78 is 10.7. The Morgan fingerprint density at radius 2 is 1.95 bits per heavy atom. The predicted molar refractivity (Wildman–Crippen MR) is 76.5 cm³/mol. The third kappa shape index (κ3) is 4.00. The number of carbonyl (C=O) groups is 1. The highest BCUT2D eigenvalue weighted by Gasteiger charge is 2.30. The quantitative estimate of drug-likeness (QED) is 0.776. The third-order valence-corrected chi connectivity index (χ3v) is 2.85. The third-order valence-electron chi connectivity index (χ3n) is 2.85. The van der Waals surface area contributed by atoms with E-state index >= 15 is 0 Å². The Balaban J connectivity index is 3.09. The molecule has 5 nitrogen and oxygen atoms in total. The molecule has 1 aromatic heterocycles. The molecule has 1 rings (SSSR count). The normalized spacial score (nSPS) is 13.1. The summed E-state index contributed by atoms with van der Waals surface area (Å²) in [5, 5.41) is 0. The van der Waals surface area contributed by atoms with E-state index < -0.39 is 0 Å². The number of aromatic nitrogens is 2. The van der Waals surface area contributed by atoms with Gasteiger partial charge < -0.3 is 9.47 Å². The first-order valence-corrected chi connectivity index (χ1v) is 6.93. The van der Waals surface area contributed by atoms with Crippen molar-refractivity contribution in [2.24, 2.45) is 5.41 Å². The van der Waals surface area contributed by atoms with Gasteiger partial charge in [0.05, 0.1) is 17.9 Å². The molecular formula is C15H24N2O3. The van der Waals surface area contributed by atoms with E-state index in [0.717, 1.165) is 0 Å². The van der Waals surface area contributed by atoms with Crippen molar-refractivity contribution in [2.45, 2.75) is 47.6 Å². The fraction of sp³-hybridized carbons (Fsp3) is 0.667. The van der Waals surface area contributed by atoms with Crippen LogP contribution >= 0.6 is 0 Å². The Kier molecular flexibility index (Phi) is 5.62. The van der Waals surface area contributed by atoms with Crippen molar-refractivity contribution in [1.82, 2.24) is 9.97 Å². The van der Waals surface area contributed by atoms with Crippen molar-refractivity contribution >= 4 is 5.97 Å². The van der Waals surface area contributed by atoms with Crippen molar-refractivity contribution in [2.75, 3.05) is 13.2 Å². The lowest BCUT2D eigenvalue weighted by Crippen LogP contribution is -2.24. The molecule has 0 spiro atoms. The van der Waals surface area contributed by atoms with Crippen LogP contribution < -0.4 is 0 Å². The number of carbonyl (C=O) groups excluding carboxylic acids is 1. The molecule has 0 saturated carbocycles. The maximum absolute atomic E-state index is 11.7. The number of esters is 1. The van der Waals surface area contributed by atoms with Crippen LogP contribution in [0.15, 0.2) is 6.20 Å². The van der Waals surface area contributed by atoms with Crippen LogP contribution in [0.5, 0.6) is 0 Å². The van der Waals surface area contributed by atoms with Crippen molar-refractivity contribution in [3.63, 3.8) is 0 Å². The van der Waals surface area contributed by atoms with Gasteiger partial charge in [-0.05, 0) is 26.2 Å². The summed E-state index contributed by atoms with van der Waals surface area (Å²) in [5.74, 6) is 0.213. The molecule has 1 aromatic rings. The molecule has 1 atom stereocenters. The van der Waals surface area contributed by atoms with Gasteiger partial charge in [0, 0.05) is 12.8 Å². The van der Waals surface area contributed by atoms with Crippen LogP contribution in [0.3, 0.4) is 0 Å². The summed E-state index contributed by atoms with van der Waals surface area (Å²) in [7, 11) is 0. The number of hydrogen-bond donors (Lipinski definition) is 0. The van der Waals surface area contributed by atoms with Gasteiger partial charge in [-0.2, -0.15) is 0 Å². The van der Waals surface area contributed by atoms with E-state index in [-0.39, 0.29) is 17.5 Å². The fourth-order valence-corrected chi connectivity index (χ4v) is 1.90. The van der Waals surface area contributed by atoms with Gasteiger partial charge in [-0.25, -0.2) is 14.8 Å².